The van der Waals surface area contributed by atoms with E-state index in [4.69, 9.17) is 16.3 Å². The summed E-state index contributed by atoms with van der Waals surface area (Å²) >= 11 is 5.95. The second-order valence-corrected chi connectivity index (χ2v) is 5.12. The SMILES string of the molecule is Clc1cccc(CCNc2ccn(C3COC3)n2)c1. The third-order valence-electron chi connectivity index (χ3n) is 3.21. The number of anilines is 1. The molecule has 0 amide bonds. The Bertz CT molecular complexity index is 551. The summed E-state index contributed by atoms with van der Waals surface area (Å²) in [4.78, 5) is 0. The molecule has 1 aliphatic rings. The topological polar surface area (TPSA) is 39.1 Å². The number of rotatable bonds is 5. The molecule has 1 fully saturated rings. The van der Waals surface area contributed by atoms with Crippen LogP contribution in [-0.4, -0.2) is 29.5 Å². The Morgan fingerprint density at radius 2 is 2.26 bits per heavy atom. The number of hydrogen-bond acceptors (Lipinski definition) is 3. The van der Waals surface area contributed by atoms with Gasteiger partial charge in [0.1, 0.15) is 5.82 Å². The van der Waals surface area contributed by atoms with Crippen molar-refractivity contribution in [3.63, 3.8) is 0 Å². The van der Waals surface area contributed by atoms with E-state index in [2.05, 4.69) is 16.5 Å². The summed E-state index contributed by atoms with van der Waals surface area (Å²) in [7, 11) is 0. The van der Waals surface area contributed by atoms with E-state index in [0.29, 0.717) is 6.04 Å². The van der Waals surface area contributed by atoms with Crippen LogP contribution in [0.5, 0.6) is 0 Å². The summed E-state index contributed by atoms with van der Waals surface area (Å²) in [6, 6.07) is 10.3. The van der Waals surface area contributed by atoms with E-state index in [9.17, 15) is 0 Å². The highest BCUT2D eigenvalue weighted by atomic mass is 35.5. The molecule has 5 heteroatoms. The molecule has 1 aliphatic heterocycles. The van der Waals surface area contributed by atoms with Crippen molar-refractivity contribution >= 4 is 17.4 Å². The largest absolute Gasteiger partial charge is 0.377 e. The van der Waals surface area contributed by atoms with Crippen LogP contribution in [0.1, 0.15) is 11.6 Å². The molecule has 19 heavy (non-hydrogen) atoms. The average molecular weight is 278 g/mol. The Morgan fingerprint density at radius 3 is 3.00 bits per heavy atom. The second kappa shape index (κ2) is 5.63. The molecular weight excluding hydrogens is 262 g/mol. The molecule has 0 aliphatic carbocycles. The van der Waals surface area contributed by atoms with Gasteiger partial charge in [0.2, 0.25) is 0 Å². The molecule has 3 rings (SSSR count). The van der Waals surface area contributed by atoms with Crippen molar-refractivity contribution in [3.8, 4) is 0 Å². The Morgan fingerprint density at radius 1 is 1.37 bits per heavy atom. The number of halogens is 1. The van der Waals surface area contributed by atoms with Crippen molar-refractivity contribution in [1.29, 1.82) is 0 Å². The minimum atomic E-state index is 0.406. The van der Waals surface area contributed by atoms with Crippen LogP contribution in [0.15, 0.2) is 36.5 Å². The first-order valence-corrected chi connectivity index (χ1v) is 6.80. The van der Waals surface area contributed by atoms with Crippen molar-refractivity contribution in [2.75, 3.05) is 25.1 Å². The van der Waals surface area contributed by atoms with Crippen LogP contribution in [0.4, 0.5) is 5.82 Å². The fourth-order valence-electron chi connectivity index (χ4n) is 2.04. The molecule has 0 bridgehead atoms. The van der Waals surface area contributed by atoms with Gasteiger partial charge in [-0.2, -0.15) is 5.10 Å². The molecule has 1 saturated heterocycles. The first kappa shape index (κ1) is 12.5. The van der Waals surface area contributed by atoms with E-state index in [0.717, 1.165) is 37.0 Å². The van der Waals surface area contributed by atoms with E-state index in [1.807, 2.05) is 35.1 Å². The minimum absolute atomic E-state index is 0.406. The lowest BCUT2D eigenvalue weighted by molar-refractivity contribution is -0.0285. The van der Waals surface area contributed by atoms with Crippen LogP contribution in [0.3, 0.4) is 0 Å². The van der Waals surface area contributed by atoms with E-state index in [1.54, 1.807) is 0 Å². The predicted molar refractivity (Wildman–Crippen MR) is 75.7 cm³/mol. The van der Waals surface area contributed by atoms with E-state index in [1.165, 1.54) is 5.56 Å². The van der Waals surface area contributed by atoms with E-state index >= 15 is 0 Å². The van der Waals surface area contributed by atoms with Gasteiger partial charge in [-0.3, -0.25) is 4.68 Å². The highest BCUT2D eigenvalue weighted by molar-refractivity contribution is 6.30. The maximum absolute atomic E-state index is 5.95. The van der Waals surface area contributed by atoms with Gasteiger partial charge in [-0.05, 0) is 24.1 Å². The lowest BCUT2D eigenvalue weighted by atomic mass is 10.1. The summed E-state index contributed by atoms with van der Waals surface area (Å²) in [5.41, 5.74) is 1.23. The average Bonchev–Trinajstić information content (AvgIpc) is 2.75. The fraction of sp³-hybridized carbons (Fsp3) is 0.357. The molecule has 0 saturated carbocycles. The standard InChI is InChI=1S/C14H16ClN3O/c15-12-3-1-2-11(8-12)4-6-16-14-5-7-18(17-14)13-9-19-10-13/h1-3,5,7-8,13H,4,6,9-10H2,(H,16,17). The van der Waals surface area contributed by atoms with Gasteiger partial charge in [0.25, 0.3) is 0 Å². The summed E-state index contributed by atoms with van der Waals surface area (Å²) in [6.45, 7) is 2.38. The monoisotopic (exact) mass is 277 g/mol. The van der Waals surface area contributed by atoms with Crippen LogP contribution in [0.25, 0.3) is 0 Å². The van der Waals surface area contributed by atoms with Gasteiger partial charge in [0, 0.05) is 23.8 Å². The first-order chi connectivity index (χ1) is 9.31. The molecule has 1 aromatic heterocycles. The van der Waals surface area contributed by atoms with Gasteiger partial charge in [0.15, 0.2) is 0 Å². The quantitative estimate of drug-likeness (QED) is 0.913. The van der Waals surface area contributed by atoms with Crippen LogP contribution in [0, 0.1) is 0 Å². The van der Waals surface area contributed by atoms with Crippen molar-refractivity contribution in [2.45, 2.75) is 12.5 Å². The Hall–Kier alpha value is -1.52. The van der Waals surface area contributed by atoms with Crippen molar-refractivity contribution in [1.82, 2.24) is 9.78 Å². The highest BCUT2D eigenvalue weighted by Gasteiger charge is 2.20. The molecule has 1 N–H and O–H groups in total. The molecule has 4 nitrogen and oxygen atoms in total. The Kier molecular flexibility index (Phi) is 3.71. The zero-order valence-corrected chi connectivity index (χ0v) is 11.3. The summed E-state index contributed by atoms with van der Waals surface area (Å²) in [5, 5.41) is 8.58. The smallest absolute Gasteiger partial charge is 0.148 e. The third-order valence-corrected chi connectivity index (χ3v) is 3.45. The van der Waals surface area contributed by atoms with Crippen molar-refractivity contribution < 1.29 is 4.74 Å². The number of benzene rings is 1. The van der Waals surface area contributed by atoms with Crippen LogP contribution in [0.2, 0.25) is 5.02 Å². The molecule has 1 aromatic carbocycles. The lowest BCUT2D eigenvalue weighted by Crippen LogP contribution is -2.30. The third kappa shape index (κ3) is 3.08. The molecule has 0 unspecified atom stereocenters. The number of nitrogens with zero attached hydrogens (tertiary/aromatic N) is 2. The normalized spacial score (nSPS) is 15.2. The number of hydrogen-bond donors (Lipinski definition) is 1. The summed E-state index contributed by atoms with van der Waals surface area (Å²) in [5.74, 6) is 0.911. The summed E-state index contributed by atoms with van der Waals surface area (Å²) in [6.07, 6.45) is 2.93. The number of aromatic nitrogens is 2. The molecular formula is C14H16ClN3O. The number of ether oxygens (including phenoxy) is 1. The zero-order valence-electron chi connectivity index (χ0n) is 10.6. The van der Waals surface area contributed by atoms with Gasteiger partial charge < -0.3 is 10.1 Å². The van der Waals surface area contributed by atoms with Crippen LogP contribution >= 0.6 is 11.6 Å². The fourth-order valence-corrected chi connectivity index (χ4v) is 2.25. The van der Waals surface area contributed by atoms with Gasteiger partial charge in [0.05, 0.1) is 19.3 Å². The zero-order chi connectivity index (χ0) is 13.1. The molecule has 0 atom stereocenters. The Labute approximate surface area is 117 Å². The van der Waals surface area contributed by atoms with Crippen molar-refractivity contribution in [2.24, 2.45) is 0 Å². The van der Waals surface area contributed by atoms with Gasteiger partial charge in [-0.15, -0.1) is 0 Å². The van der Waals surface area contributed by atoms with Gasteiger partial charge in [-0.1, -0.05) is 23.7 Å². The molecule has 2 aromatic rings. The maximum Gasteiger partial charge on any atom is 0.148 e. The van der Waals surface area contributed by atoms with Gasteiger partial charge in [-0.25, -0.2) is 0 Å². The lowest BCUT2D eigenvalue weighted by Gasteiger charge is -2.25. The van der Waals surface area contributed by atoms with Crippen LogP contribution < -0.4 is 5.32 Å². The predicted octanol–water partition coefficient (Wildman–Crippen LogP) is 2.76. The van der Waals surface area contributed by atoms with Crippen molar-refractivity contribution in [3.05, 3.63) is 47.1 Å². The highest BCUT2D eigenvalue weighted by Crippen LogP contribution is 2.17. The summed E-state index contributed by atoms with van der Waals surface area (Å²) < 4.78 is 7.12. The molecule has 0 radical (unpaired) electrons. The van der Waals surface area contributed by atoms with E-state index < -0.39 is 0 Å². The Balaban J connectivity index is 1.50. The van der Waals surface area contributed by atoms with E-state index in [-0.39, 0.29) is 0 Å². The maximum atomic E-state index is 5.95. The number of nitrogens with one attached hydrogen (secondary N) is 1. The molecule has 2 heterocycles. The minimum Gasteiger partial charge on any atom is -0.377 e. The molecule has 100 valence electrons. The van der Waals surface area contributed by atoms with Crippen LogP contribution in [-0.2, 0) is 11.2 Å². The van der Waals surface area contributed by atoms with Gasteiger partial charge >= 0.3 is 0 Å². The first-order valence-electron chi connectivity index (χ1n) is 6.42. The second-order valence-electron chi connectivity index (χ2n) is 4.68. The molecule has 0 spiro atoms.